The number of carbonyl (C=O) groups is 1. The molecule has 11 heteroatoms. The molecule has 0 radical (unpaired) electrons. The lowest BCUT2D eigenvalue weighted by atomic mass is 9.66. The molecule has 38 heavy (non-hydrogen) atoms. The van der Waals surface area contributed by atoms with Crippen molar-refractivity contribution in [1.29, 1.82) is 0 Å². The lowest BCUT2D eigenvalue weighted by molar-refractivity contribution is 0.0980. The second-order valence-corrected chi connectivity index (χ2v) is 15.4. The standard InChI is InChI=1S/C27H35N3O6S2/c1-25(2,18-31)29-38(35,36)21-6-4-5-19(15-21)24(32)30-17-27(13-11-26(9-10-26)12-14-27)22-16-20(7-8-23(22)30)28-37(3,33)34/h4-8,15-16,28-29,31H,9-14,17-18H2,1-3H3. The van der Waals surface area contributed by atoms with Gasteiger partial charge in [-0.3, -0.25) is 9.52 Å². The monoisotopic (exact) mass is 561 g/mol. The molecule has 3 N–H and O–H groups in total. The van der Waals surface area contributed by atoms with E-state index in [2.05, 4.69) is 9.44 Å². The van der Waals surface area contributed by atoms with Crippen LogP contribution in [0.15, 0.2) is 47.4 Å². The minimum Gasteiger partial charge on any atom is -0.394 e. The zero-order valence-corrected chi connectivity index (χ0v) is 23.6. The van der Waals surface area contributed by atoms with E-state index in [0.717, 1.165) is 43.2 Å². The third-order valence-corrected chi connectivity index (χ3v) is 10.6. The van der Waals surface area contributed by atoms with Crippen LogP contribution in [0.2, 0.25) is 0 Å². The molecule has 2 saturated carbocycles. The fraction of sp³-hybridized carbons (Fsp3) is 0.519. The lowest BCUT2D eigenvalue weighted by Crippen LogP contribution is -2.46. The zero-order valence-electron chi connectivity index (χ0n) is 22.0. The van der Waals surface area contributed by atoms with Gasteiger partial charge in [0.2, 0.25) is 20.0 Å². The van der Waals surface area contributed by atoms with Crippen molar-refractivity contribution >= 4 is 37.3 Å². The summed E-state index contributed by atoms with van der Waals surface area (Å²) in [5.41, 5.74) is 1.51. The number of hydrogen-bond acceptors (Lipinski definition) is 6. The van der Waals surface area contributed by atoms with Crippen molar-refractivity contribution in [3.05, 3.63) is 53.6 Å². The molecule has 206 valence electrons. The average molecular weight is 562 g/mol. The first-order valence-electron chi connectivity index (χ1n) is 12.9. The molecule has 0 saturated heterocycles. The molecule has 9 nitrogen and oxygen atoms in total. The lowest BCUT2D eigenvalue weighted by Gasteiger charge is -2.38. The zero-order chi connectivity index (χ0) is 27.6. The Bertz CT molecular complexity index is 1490. The van der Waals surface area contributed by atoms with E-state index in [1.807, 2.05) is 6.07 Å². The number of aliphatic hydroxyl groups is 1. The summed E-state index contributed by atoms with van der Waals surface area (Å²) in [6.45, 7) is 3.23. The van der Waals surface area contributed by atoms with E-state index in [4.69, 9.17) is 0 Å². The number of carbonyl (C=O) groups excluding carboxylic acids is 1. The second-order valence-electron chi connectivity index (χ2n) is 12.0. The van der Waals surface area contributed by atoms with E-state index in [9.17, 15) is 26.7 Å². The van der Waals surface area contributed by atoms with E-state index >= 15 is 0 Å². The molecular formula is C27H35N3O6S2. The van der Waals surface area contributed by atoms with E-state index in [1.54, 1.807) is 36.9 Å². The molecule has 2 aromatic carbocycles. The van der Waals surface area contributed by atoms with Gasteiger partial charge in [0.25, 0.3) is 5.91 Å². The Labute approximate surface area is 224 Å². The number of benzene rings is 2. The van der Waals surface area contributed by atoms with Crippen molar-refractivity contribution in [2.24, 2.45) is 5.41 Å². The first kappa shape index (κ1) is 27.1. The van der Waals surface area contributed by atoms with Crippen molar-refractivity contribution in [3.63, 3.8) is 0 Å². The number of sulfonamides is 2. The maximum absolute atomic E-state index is 13.9. The van der Waals surface area contributed by atoms with Gasteiger partial charge in [0.15, 0.2) is 0 Å². The Morgan fingerprint density at radius 3 is 2.26 bits per heavy atom. The van der Waals surface area contributed by atoms with Gasteiger partial charge in [0.05, 0.1) is 23.3 Å². The minimum atomic E-state index is -3.97. The van der Waals surface area contributed by atoms with Crippen LogP contribution in [0.25, 0.3) is 0 Å². The maximum Gasteiger partial charge on any atom is 0.258 e. The van der Waals surface area contributed by atoms with Crippen LogP contribution in [-0.4, -0.2) is 52.8 Å². The van der Waals surface area contributed by atoms with Gasteiger partial charge in [0.1, 0.15) is 0 Å². The Morgan fingerprint density at radius 1 is 1.00 bits per heavy atom. The van der Waals surface area contributed by atoms with Crippen LogP contribution in [0.1, 0.15) is 68.3 Å². The molecule has 2 spiro atoms. The number of nitrogens with one attached hydrogen (secondary N) is 2. The summed E-state index contributed by atoms with van der Waals surface area (Å²) in [5.74, 6) is -0.308. The molecule has 2 aliphatic carbocycles. The van der Waals surface area contributed by atoms with Crippen LogP contribution in [0.4, 0.5) is 11.4 Å². The molecule has 5 rings (SSSR count). The quantitative estimate of drug-likeness (QED) is 0.475. The Balaban J connectivity index is 1.49. The van der Waals surface area contributed by atoms with Crippen LogP contribution < -0.4 is 14.3 Å². The summed E-state index contributed by atoms with van der Waals surface area (Å²) in [7, 11) is -7.43. The van der Waals surface area contributed by atoms with Gasteiger partial charge in [-0.1, -0.05) is 6.07 Å². The third kappa shape index (κ3) is 5.21. The number of hydrogen-bond donors (Lipinski definition) is 3. The average Bonchev–Trinajstić information content (AvgIpc) is 3.54. The van der Waals surface area contributed by atoms with Crippen LogP contribution in [0, 0.1) is 5.41 Å². The summed E-state index contributed by atoms with van der Waals surface area (Å²) in [4.78, 5) is 15.5. The van der Waals surface area contributed by atoms with Crippen molar-refractivity contribution in [2.45, 2.75) is 68.2 Å². The van der Waals surface area contributed by atoms with E-state index in [1.165, 1.54) is 31.0 Å². The highest BCUT2D eigenvalue weighted by atomic mass is 32.2. The fourth-order valence-corrected chi connectivity index (χ4v) is 7.90. The SMILES string of the molecule is CC(C)(CO)NS(=O)(=O)c1cccc(C(=O)N2CC3(CCC4(CC4)CC3)c3cc(NS(C)(=O)=O)ccc32)c1. The summed E-state index contributed by atoms with van der Waals surface area (Å²) >= 11 is 0. The van der Waals surface area contributed by atoms with E-state index in [0.29, 0.717) is 17.6 Å². The number of nitrogens with zero attached hydrogens (tertiary/aromatic N) is 1. The highest BCUT2D eigenvalue weighted by Crippen LogP contribution is 2.62. The van der Waals surface area contributed by atoms with Crippen molar-refractivity contribution < 1.29 is 26.7 Å². The van der Waals surface area contributed by atoms with Crippen molar-refractivity contribution in [2.75, 3.05) is 29.0 Å². The molecule has 0 bridgehead atoms. The molecule has 2 fully saturated rings. The van der Waals surface area contributed by atoms with Gasteiger partial charge in [0, 0.05) is 28.9 Å². The van der Waals surface area contributed by atoms with E-state index < -0.39 is 25.6 Å². The van der Waals surface area contributed by atoms with Gasteiger partial charge in [-0.05, 0) is 99.7 Å². The normalized spacial score (nSPS) is 19.9. The van der Waals surface area contributed by atoms with Gasteiger partial charge < -0.3 is 10.0 Å². The highest BCUT2D eigenvalue weighted by molar-refractivity contribution is 7.92. The van der Waals surface area contributed by atoms with Crippen LogP contribution in [-0.2, 0) is 25.5 Å². The topological polar surface area (TPSA) is 133 Å². The first-order valence-corrected chi connectivity index (χ1v) is 16.2. The molecule has 1 heterocycles. The summed E-state index contributed by atoms with van der Waals surface area (Å²) in [6.07, 6.45) is 7.60. The summed E-state index contributed by atoms with van der Waals surface area (Å²) in [5, 5.41) is 9.50. The molecule has 0 atom stereocenters. The summed E-state index contributed by atoms with van der Waals surface area (Å²) in [6, 6.07) is 11.2. The molecule has 3 aliphatic rings. The molecular weight excluding hydrogens is 526 g/mol. The molecule has 2 aromatic rings. The predicted molar refractivity (Wildman–Crippen MR) is 146 cm³/mol. The molecule has 1 amide bonds. The third-order valence-electron chi connectivity index (χ3n) is 8.29. The largest absolute Gasteiger partial charge is 0.394 e. The van der Waals surface area contributed by atoms with E-state index in [-0.39, 0.29) is 28.4 Å². The molecule has 0 aromatic heterocycles. The van der Waals surface area contributed by atoms with Crippen molar-refractivity contribution in [3.8, 4) is 0 Å². The van der Waals surface area contributed by atoms with Gasteiger partial charge in [-0.15, -0.1) is 0 Å². The predicted octanol–water partition coefficient (Wildman–Crippen LogP) is 3.36. The number of amides is 1. The van der Waals surface area contributed by atoms with Crippen LogP contribution in [0.3, 0.4) is 0 Å². The Morgan fingerprint density at radius 2 is 1.66 bits per heavy atom. The van der Waals surface area contributed by atoms with Gasteiger partial charge in [-0.25, -0.2) is 21.6 Å². The summed E-state index contributed by atoms with van der Waals surface area (Å²) < 4.78 is 54.7. The molecule has 0 unspecified atom stereocenters. The van der Waals surface area contributed by atoms with Crippen molar-refractivity contribution in [1.82, 2.24) is 4.72 Å². The minimum absolute atomic E-state index is 0.0555. The number of rotatable bonds is 7. The molecule has 1 aliphatic heterocycles. The van der Waals surface area contributed by atoms with Crippen LogP contribution >= 0.6 is 0 Å². The highest BCUT2D eigenvalue weighted by Gasteiger charge is 2.53. The maximum atomic E-state index is 13.9. The number of anilines is 2. The Kier molecular flexibility index (Phi) is 6.45. The number of aliphatic hydroxyl groups excluding tert-OH is 1. The Hall–Kier alpha value is -2.47. The van der Waals surface area contributed by atoms with Crippen LogP contribution in [0.5, 0.6) is 0 Å². The fourth-order valence-electron chi connectivity index (χ4n) is 5.90. The van der Waals surface area contributed by atoms with Gasteiger partial charge in [-0.2, -0.15) is 0 Å². The van der Waals surface area contributed by atoms with Gasteiger partial charge >= 0.3 is 0 Å². The second kappa shape index (κ2) is 9.04. The first-order chi connectivity index (χ1) is 17.7. The smallest absolute Gasteiger partial charge is 0.258 e. The number of fused-ring (bicyclic) bond motifs is 2.